The van der Waals surface area contributed by atoms with Crippen LogP contribution in [0.1, 0.15) is 6.42 Å². The molecular formula is C8H11N7O4+. The molecule has 2 atom stereocenters. The van der Waals surface area contributed by atoms with Crippen molar-refractivity contribution in [3.05, 3.63) is 10.4 Å². The van der Waals surface area contributed by atoms with Gasteiger partial charge >= 0.3 is 11.2 Å². The molecule has 0 spiro atoms. The number of hydrazine groups is 1. The minimum absolute atomic E-state index is 0.0464. The number of hydrogen-bond acceptors (Lipinski definition) is 10. The lowest BCUT2D eigenvalue weighted by Gasteiger charge is -2.16. The number of nitrogens with two attached hydrogens (primary N) is 1. The van der Waals surface area contributed by atoms with Gasteiger partial charge in [0.05, 0.1) is 6.42 Å². The molecule has 2 aliphatic heterocycles. The molecule has 0 aliphatic carbocycles. The summed E-state index contributed by atoms with van der Waals surface area (Å²) in [6.45, 7) is 0. The number of hydroxylamine groups is 1. The highest BCUT2D eigenvalue weighted by molar-refractivity contribution is 5.89. The summed E-state index contributed by atoms with van der Waals surface area (Å²) >= 11 is 0. The maximum absolute atomic E-state index is 11.6. The number of nitrogens with zero attached hydrogens (tertiary/aromatic N) is 4. The van der Waals surface area contributed by atoms with Crippen LogP contribution in [0.3, 0.4) is 0 Å². The summed E-state index contributed by atoms with van der Waals surface area (Å²) in [7, 11) is 0. The lowest BCUT2D eigenvalue weighted by Crippen LogP contribution is -2.40. The smallest absolute Gasteiger partial charge is 0.308 e. The van der Waals surface area contributed by atoms with Crippen LogP contribution in [0, 0.1) is 0 Å². The Morgan fingerprint density at radius 1 is 1.68 bits per heavy atom. The van der Waals surface area contributed by atoms with Gasteiger partial charge in [0.15, 0.2) is 6.23 Å². The highest BCUT2D eigenvalue weighted by atomic mass is 16.8. The fraction of sp³-hybridized carbons (Fsp3) is 0.375. The van der Waals surface area contributed by atoms with E-state index in [9.17, 15) is 9.90 Å². The average molecular weight is 269 g/mol. The lowest BCUT2D eigenvalue weighted by molar-refractivity contribution is -0.286. The summed E-state index contributed by atoms with van der Waals surface area (Å²) in [5, 5.41) is 19.1. The molecule has 6 N–H and O–H groups in total. The van der Waals surface area contributed by atoms with Gasteiger partial charge in [0.25, 0.3) is 12.2 Å². The van der Waals surface area contributed by atoms with E-state index in [0.717, 1.165) is 5.17 Å². The first-order chi connectivity index (χ1) is 9.10. The quantitative estimate of drug-likeness (QED) is 0.362. The first-order valence-electron chi connectivity index (χ1n) is 5.36. The number of aromatic amines is 1. The Morgan fingerprint density at radius 2 is 2.47 bits per heavy atom. The maximum atomic E-state index is 11.6. The summed E-state index contributed by atoms with van der Waals surface area (Å²) in [5.41, 5.74) is 6.81. The fourth-order valence-electron chi connectivity index (χ4n) is 1.93. The van der Waals surface area contributed by atoms with Crippen LogP contribution in [0.4, 0.5) is 17.5 Å². The van der Waals surface area contributed by atoms with Gasteiger partial charge in [0.2, 0.25) is 12.2 Å². The summed E-state index contributed by atoms with van der Waals surface area (Å²) < 4.78 is 0. The van der Waals surface area contributed by atoms with E-state index in [0.29, 0.717) is 0 Å². The SMILES string of the molecule is Nc1nc2c(c(=O)[nH]1)[N+]=CN2[C@H]1C[C@H](O)N(NO)O1. The molecule has 11 heteroatoms. The minimum atomic E-state index is -1.05. The van der Waals surface area contributed by atoms with Gasteiger partial charge in [-0.2, -0.15) is 9.88 Å². The lowest BCUT2D eigenvalue weighted by atomic mass is 10.3. The van der Waals surface area contributed by atoms with Crippen molar-refractivity contribution in [2.24, 2.45) is 0 Å². The highest BCUT2D eigenvalue weighted by Crippen LogP contribution is 2.29. The number of aliphatic imine (C=N–C) groups is 1. The van der Waals surface area contributed by atoms with Crippen molar-refractivity contribution < 1.29 is 15.2 Å². The third kappa shape index (κ3) is 1.85. The van der Waals surface area contributed by atoms with Crippen molar-refractivity contribution in [2.75, 3.05) is 10.6 Å². The monoisotopic (exact) mass is 269 g/mol. The molecule has 0 saturated carbocycles. The zero-order valence-corrected chi connectivity index (χ0v) is 9.52. The number of fused-ring (bicyclic) bond motifs is 1. The van der Waals surface area contributed by atoms with Crippen molar-refractivity contribution in [1.82, 2.24) is 25.7 Å². The summed E-state index contributed by atoms with van der Waals surface area (Å²) in [6.07, 6.45) is -0.224. The molecule has 0 unspecified atom stereocenters. The molecule has 1 fully saturated rings. The van der Waals surface area contributed by atoms with Crippen LogP contribution >= 0.6 is 0 Å². The number of hydrogen-bond donors (Lipinski definition) is 5. The average Bonchev–Trinajstić information content (AvgIpc) is 2.92. The number of anilines is 2. The van der Waals surface area contributed by atoms with Gasteiger partial charge in [-0.1, -0.05) is 5.17 Å². The van der Waals surface area contributed by atoms with E-state index in [1.54, 1.807) is 5.59 Å². The highest BCUT2D eigenvalue weighted by Gasteiger charge is 2.45. The number of rotatable bonds is 2. The van der Waals surface area contributed by atoms with E-state index in [1.165, 1.54) is 11.2 Å². The first-order valence-corrected chi connectivity index (χ1v) is 5.36. The predicted octanol–water partition coefficient (Wildman–Crippen LogP) is -2.66. The van der Waals surface area contributed by atoms with Gasteiger partial charge in [-0.3, -0.25) is 15.0 Å². The number of aromatic nitrogens is 2. The second-order valence-electron chi connectivity index (χ2n) is 3.98. The van der Waals surface area contributed by atoms with Crippen molar-refractivity contribution in [1.29, 1.82) is 0 Å². The van der Waals surface area contributed by atoms with Crippen molar-refractivity contribution in [2.45, 2.75) is 18.9 Å². The van der Waals surface area contributed by atoms with Crippen molar-refractivity contribution >= 4 is 23.8 Å². The van der Waals surface area contributed by atoms with Crippen LogP contribution in [-0.4, -0.2) is 44.2 Å². The number of aliphatic hydroxyl groups is 1. The van der Waals surface area contributed by atoms with Gasteiger partial charge in [-0.25, -0.2) is 4.84 Å². The molecule has 0 bridgehead atoms. The molecule has 3 heterocycles. The van der Waals surface area contributed by atoms with Crippen LogP contribution in [0.5, 0.6) is 0 Å². The molecule has 1 saturated heterocycles. The number of nitrogens with one attached hydrogen (secondary N) is 2. The van der Waals surface area contributed by atoms with Crippen LogP contribution in [-0.2, 0) is 4.84 Å². The predicted molar refractivity (Wildman–Crippen MR) is 61.9 cm³/mol. The zero-order chi connectivity index (χ0) is 13.6. The Kier molecular flexibility index (Phi) is 2.69. The Morgan fingerprint density at radius 3 is 3.16 bits per heavy atom. The van der Waals surface area contributed by atoms with Gasteiger partial charge in [0, 0.05) is 0 Å². The van der Waals surface area contributed by atoms with Gasteiger partial charge in [-0.05, 0) is 4.99 Å². The normalized spacial score (nSPS) is 26.1. The maximum Gasteiger partial charge on any atom is 0.308 e. The van der Waals surface area contributed by atoms with Crippen LogP contribution in [0.15, 0.2) is 4.79 Å². The number of H-pyrrole nitrogens is 1. The minimum Gasteiger partial charge on any atom is -0.374 e. The first kappa shape index (κ1) is 12.0. The van der Waals surface area contributed by atoms with Crippen molar-refractivity contribution in [3.63, 3.8) is 0 Å². The van der Waals surface area contributed by atoms with Gasteiger partial charge in [-0.15, -0.1) is 5.59 Å². The number of aliphatic hydroxyl groups excluding tert-OH is 1. The van der Waals surface area contributed by atoms with E-state index in [1.807, 2.05) is 0 Å². The summed E-state index contributed by atoms with van der Waals surface area (Å²) in [6, 6.07) is 0. The van der Waals surface area contributed by atoms with Crippen molar-refractivity contribution in [3.8, 4) is 0 Å². The Hall–Kier alpha value is -2.05. The van der Waals surface area contributed by atoms with E-state index in [4.69, 9.17) is 15.8 Å². The molecule has 1 aromatic heterocycles. The molecule has 3 rings (SSSR count). The summed E-state index contributed by atoms with van der Waals surface area (Å²) in [4.78, 5) is 28.5. The molecule has 19 heavy (non-hydrogen) atoms. The molecule has 1 radical (unpaired) electrons. The topological polar surface area (TPSA) is 154 Å². The van der Waals surface area contributed by atoms with Gasteiger partial charge in [0.1, 0.15) is 0 Å². The largest absolute Gasteiger partial charge is 0.374 e. The van der Waals surface area contributed by atoms with Crippen LogP contribution in [0.25, 0.3) is 0 Å². The molecule has 2 aliphatic rings. The molecule has 101 valence electrons. The van der Waals surface area contributed by atoms with Crippen LogP contribution < -0.4 is 26.8 Å². The van der Waals surface area contributed by atoms with Gasteiger partial charge < -0.3 is 10.8 Å². The van der Waals surface area contributed by atoms with E-state index in [-0.39, 0.29) is 23.9 Å². The molecular weight excluding hydrogens is 258 g/mol. The Balaban J connectivity index is 1.92. The fourth-order valence-corrected chi connectivity index (χ4v) is 1.93. The second kappa shape index (κ2) is 4.25. The summed E-state index contributed by atoms with van der Waals surface area (Å²) in [5.74, 6) is 0.188. The molecule has 0 amide bonds. The third-order valence-corrected chi connectivity index (χ3v) is 2.78. The molecule has 11 nitrogen and oxygen atoms in total. The van der Waals surface area contributed by atoms with Crippen LogP contribution in [0.2, 0.25) is 0 Å². The standard InChI is InChI=1S/C8H11N7O4/c9-8-11-6-5(7(17)12-8)10-2-14(6)4-1-3(16)15(13-18)19-4/h2-4,13,16,18H,1H2,(H3,9,11,12,17)/q+1/t3-,4+/m0/s1. The Labute approximate surface area is 105 Å². The van der Waals surface area contributed by atoms with E-state index >= 15 is 0 Å². The number of nitrogen functional groups attached to an aromatic ring is 1. The Bertz CT molecular complexity index is 587. The third-order valence-electron chi connectivity index (χ3n) is 2.78. The van der Waals surface area contributed by atoms with E-state index < -0.39 is 18.0 Å². The molecule has 1 aromatic rings. The van der Waals surface area contributed by atoms with E-state index in [2.05, 4.69) is 15.0 Å². The molecule has 0 aromatic carbocycles. The zero-order valence-electron chi connectivity index (χ0n) is 9.52. The second-order valence-corrected chi connectivity index (χ2v) is 3.98.